The highest BCUT2D eigenvalue weighted by molar-refractivity contribution is 5.80. The zero-order chi connectivity index (χ0) is 14.0. The van der Waals surface area contributed by atoms with Crippen molar-refractivity contribution < 1.29 is 14.6 Å². The van der Waals surface area contributed by atoms with E-state index in [1.54, 1.807) is 38.3 Å². The first-order chi connectivity index (χ1) is 9.01. The molecule has 0 saturated heterocycles. The van der Waals surface area contributed by atoms with Crippen molar-refractivity contribution in [2.24, 2.45) is 5.92 Å². The first-order valence-corrected chi connectivity index (χ1v) is 5.94. The average molecular weight is 261 g/mol. The van der Waals surface area contributed by atoms with Crippen LogP contribution < -0.4 is 10.3 Å². The number of benzene rings is 1. The van der Waals surface area contributed by atoms with E-state index in [0.717, 1.165) is 5.39 Å². The molecule has 0 aliphatic heterocycles. The second-order valence-corrected chi connectivity index (χ2v) is 4.52. The Morgan fingerprint density at radius 3 is 2.79 bits per heavy atom. The molecular weight excluding hydrogens is 246 g/mol. The summed E-state index contributed by atoms with van der Waals surface area (Å²) in [6.45, 7) is 1.58. The summed E-state index contributed by atoms with van der Waals surface area (Å²) in [4.78, 5) is 25.5. The maximum Gasteiger partial charge on any atom is 0.306 e. The Morgan fingerprint density at radius 1 is 1.42 bits per heavy atom. The summed E-state index contributed by atoms with van der Waals surface area (Å²) in [5, 5.41) is 9.72. The average Bonchev–Trinajstić information content (AvgIpc) is 2.38. The summed E-state index contributed by atoms with van der Waals surface area (Å²) in [6, 6.07) is 7.05. The van der Waals surface area contributed by atoms with Gasteiger partial charge in [-0.05, 0) is 30.7 Å². The molecule has 1 unspecified atom stereocenters. The van der Waals surface area contributed by atoms with Crippen LogP contribution in [0.5, 0.6) is 5.75 Å². The third-order valence-electron chi connectivity index (χ3n) is 3.08. The lowest BCUT2D eigenvalue weighted by molar-refractivity contribution is -0.141. The van der Waals surface area contributed by atoms with E-state index >= 15 is 0 Å². The van der Waals surface area contributed by atoms with Gasteiger partial charge >= 0.3 is 5.97 Å². The highest BCUT2D eigenvalue weighted by atomic mass is 16.5. The Labute approximate surface area is 109 Å². The quantitative estimate of drug-likeness (QED) is 0.879. The Morgan fingerprint density at radius 2 is 2.16 bits per heavy atom. The molecule has 0 amide bonds. The second-order valence-electron chi connectivity index (χ2n) is 4.52. The van der Waals surface area contributed by atoms with E-state index in [1.807, 2.05) is 0 Å². The molecule has 0 aliphatic carbocycles. The largest absolute Gasteiger partial charge is 0.497 e. The molecular formula is C14H15NO4. The number of aromatic amines is 1. The van der Waals surface area contributed by atoms with E-state index < -0.39 is 11.9 Å². The van der Waals surface area contributed by atoms with E-state index in [-0.39, 0.29) is 12.0 Å². The van der Waals surface area contributed by atoms with E-state index in [1.165, 1.54) is 0 Å². The molecule has 1 heterocycles. The van der Waals surface area contributed by atoms with Gasteiger partial charge < -0.3 is 14.8 Å². The number of H-pyrrole nitrogens is 1. The van der Waals surface area contributed by atoms with E-state index in [4.69, 9.17) is 9.84 Å². The van der Waals surface area contributed by atoms with Crippen LogP contribution >= 0.6 is 0 Å². The Hall–Kier alpha value is -2.30. The van der Waals surface area contributed by atoms with Gasteiger partial charge in [0.2, 0.25) is 0 Å². The third kappa shape index (κ3) is 2.76. The van der Waals surface area contributed by atoms with Gasteiger partial charge in [-0.2, -0.15) is 0 Å². The number of carbonyl (C=O) groups is 1. The number of hydrogen-bond donors (Lipinski definition) is 2. The fourth-order valence-electron chi connectivity index (χ4n) is 1.93. The number of ether oxygens (including phenoxy) is 1. The summed E-state index contributed by atoms with van der Waals surface area (Å²) in [7, 11) is 1.57. The molecule has 1 aromatic heterocycles. The minimum Gasteiger partial charge on any atom is -0.497 e. The van der Waals surface area contributed by atoms with Crippen molar-refractivity contribution in [2.75, 3.05) is 7.11 Å². The van der Waals surface area contributed by atoms with Crippen LogP contribution in [0.1, 0.15) is 12.5 Å². The SMILES string of the molecule is COc1ccc2[nH]c(=O)c(CC(C)C(=O)O)cc2c1. The van der Waals surface area contributed by atoms with Crippen LogP contribution in [0.25, 0.3) is 10.9 Å². The number of nitrogens with one attached hydrogen (secondary N) is 1. The van der Waals surface area contributed by atoms with Crippen molar-refractivity contribution in [3.05, 3.63) is 40.2 Å². The molecule has 2 rings (SSSR count). The van der Waals surface area contributed by atoms with Gasteiger partial charge in [0.1, 0.15) is 5.75 Å². The predicted molar refractivity (Wildman–Crippen MR) is 71.6 cm³/mol. The normalized spacial score (nSPS) is 12.3. The summed E-state index contributed by atoms with van der Waals surface area (Å²) in [6.07, 6.45) is 0.206. The monoisotopic (exact) mass is 261 g/mol. The van der Waals surface area contributed by atoms with Crippen molar-refractivity contribution >= 4 is 16.9 Å². The summed E-state index contributed by atoms with van der Waals surface area (Å²) in [5.41, 5.74) is 0.930. The van der Waals surface area contributed by atoms with E-state index in [2.05, 4.69) is 4.98 Å². The number of carboxylic acid groups (broad SMARTS) is 1. The zero-order valence-electron chi connectivity index (χ0n) is 10.8. The molecule has 0 bridgehead atoms. The van der Waals surface area contributed by atoms with Crippen LogP contribution in [0.15, 0.2) is 29.1 Å². The molecule has 0 fully saturated rings. The molecule has 0 saturated carbocycles. The Balaban J connectivity index is 2.47. The van der Waals surface area contributed by atoms with E-state index in [9.17, 15) is 9.59 Å². The number of hydrogen-bond acceptors (Lipinski definition) is 3. The van der Waals surface area contributed by atoms with Crippen LogP contribution in [-0.2, 0) is 11.2 Å². The first kappa shape index (κ1) is 13.1. The number of rotatable bonds is 4. The van der Waals surface area contributed by atoms with Gasteiger partial charge in [-0.1, -0.05) is 6.92 Å². The van der Waals surface area contributed by atoms with Crippen LogP contribution in [0.4, 0.5) is 0 Å². The highest BCUT2D eigenvalue weighted by Gasteiger charge is 2.14. The lowest BCUT2D eigenvalue weighted by atomic mass is 10.0. The molecule has 2 aromatic rings. The van der Waals surface area contributed by atoms with Crippen molar-refractivity contribution in [1.29, 1.82) is 0 Å². The van der Waals surface area contributed by atoms with Crippen LogP contribution in [0.2, 0.25) is 0 Å². The molecule has 0 aliphatic rings. The standard InChI is InChI=1S/C14H15NO4/c1-8(14(17)18)5-10-6-9-7-11(19-2)3-4-12(9)15-13(10)16/h3-4,6-8H,5H2,1-2H3,(H,15,16)(H,17,18). The highest BCUT2D eigenvalue weighted by Crippen LogP contribution is 2.19. The lowest BCUT2D eigenvalue weighted by Gasteiger charge is -2.07. The number of aliphatic carboxylic acids is 1. The number of fused-ring (bicyclic) bond motifs is 1. The third-order valence-corrected chi connectivity index (χ3v) is 3.08. The molecule has 2 N–H and O–H groups in total. The molecule has 0 radical (unpaired) electrons. The van der Waals surface area contributed by atoms with Gasteiger partial charge in [-0.3, -0.25) is 9.59 Å². The Kier molecular flexibility index (Phi) is 3.55. The number of pyridine rings is 1. The van der Waals surface area contributed by atoms with Crippen molar-refractivity contribution in [3.63, 3.8) is 0 Å². The van der Waals surface area contributed by atoms with Crippen molar-refractivity contribution in [2.45, 2.75) is 13.3 Å². The van der Waals surface area contributed by atoms with Gasteiger partial charge in [0, 0.05) is 16.5 Å². The Bertz CT molecular complexity index is 675. The number of aromatic nitrogens is 1. The minimum atomic E-state index is -0.912. The molecule has 19 heavy (non-hydrogen) atoms. The maximum absolute atomic E-state index is 11.9. The number of carboxylic acids is 1. The van der Waals surface area contributed by atoms with Crippen molar-refractivity contribution in [1.82, 2.24) is 4.98 Å². The van der Waals surface area contributed by atoms with E-state index in [0.29, 0.717) is 16.8 Å². The predicted octanol–water partition coefficient (Wildman–Crippen LogP) is 1.80. The van der Waals surface area contributed by atoms with Crippen molar-refractivity contribution in [3.8, 4) is 5.75 Å². The smallest absolute Gasteiger partial charge is 0.306 e. The summed E-state index contributed by atoms with van der Waals surface area (Å²) >= 11 is 0. The fourth-order valence-corrected chi connectivity index (χ4v) is 1.93. The van der Waals surface area contributed by atoms with Gasteiger partial charge in [0.25, 0.3) is 5.56 Å². The van der Waals surface area contributed by atoms with Gasteiger partial charge in [-0.15, -0.1) is 0 Å². The second kappa shape index (κ2) is 5.14. The maximum atomic E-state index is 11.9. The molecule has 1 atom stereocenters. The number of methoxy groups -OCH3 is 1. The van der Waals surface area contributed by atoms with Gasteiger partial charge in [-0.25, -0.2) is 0 Å². The van der Waals surface area contributed by atoms with Crippen LogP contribution in [-0.4, -0.2) is 23.2 Å². The van der Waals surface area contributed by atoms with Gasteiger partial charge in [0.15, 0.2) is 0 Å². The van der Waals surface area contributed by atoms with Gasteiger partial charge in [0.05, 0.1) is 13.0 Å². The van der Waals surface area contributed by atoms with Crippen LogP contribution in [0, 0.1) is 5.92 Å². The zero-order valence-corrected chi connectivity index (χ0v) is 10.8. The first-order valence-electron chi connectivity index (χ1n) is 5.94. The lowest BCUT2D eigenvalue weighted by Crippen LogP contribution is -2.19. The topological polar surface area (TPSA) is 79.4 Å². The molecule has 5 heteroatoms. The molecule has 5 nitrogen and oxygen atoms in total. The van der Waals surface area contributed by atoms with Crippen LogP contribution in [0.3, 0.4) is 0 Å². The summed E-state index contributed by atoms with van der Waals surface area (Å²) < 4.78 is 5.13. The fraction of sp³-hybridized carbons (Fsp3) is 0.286. The summed E-state index contributed by atoms with van der Waals surface area (Å²) in [5.74, 6) is -0.814. The minimum absolute atomic E-state index is 0.206. The molecule has 1 aromatic carbocycles. The molecule has 0 spiro atoms. The molecule has 100 valence electrons.